The number of rotatable bonds is 7. The fourth-order valence-electron chi connectivity index (χ4n) is 2.75. The third-order valence-corrected chi connectivity index (χ3v) is 4.12. The molecule has 0 saturated heterocycles. The molecule has 1 heterocycles. The van der Waals surface area contributed by atoms with Crippen LogP contribution < -0.4 is 24.3 Å². The first kappa shape index (κ1) is 18.4. The first-order valence-electron chi connectivity index (χ1n) is 8.36. The van der Waals surface area contributed by atoms with Gasteiger partial charge in [0.1, 0.15) is 11.6 Å². The van der Waals surface area contributed by atoms with Crippen LogP contribution in [0.5, 0.6) is 23.0 Å². The highest BCUT2D eigenvalue weighted by molar-refractivity contribution is 5.73. The standard InChI is InChI=1S/C21H22N2O4/c1-24-17-7-5-16(6-8-17)23-20-13-14(9-10-22-20)15-11-18(25-2)21(27-4)19(12-15)26-3/h5-13H,1-4H3,(H,22,23). The van der Waals surface area contributed by atoms with E-state index in [4.69, 9.17) is 18.9 Å². The number of nitrogens with zero attached hydrogens (tertiary/aromatic N) is 1. The van der Waals surface area contributed by atoms with Crippen LogP contribution in [0.15, 0.2) is 54.7 Å². The molecule has 3 aromatic rings. The highest BCUT2D eigenvalue weighted by Gasteiger charge is 2.14. The Morgan fingerprint density at radius 1 is 0.704 bits per heavy atom. The van der Waals surface area contributed by atoms with Crippen molar-refractivity contribution in [1.82, 2.24) is 4.98 Å². The average molecular weight is 366 g/mol. The second kappa shape index (κ2) is 8.31. The zero-order valence-corrected chi connectivity index (χ0v) is 15.8. The maximum Gasteiger partial charge on any atom is 0.203 e. The summed E-state index contributed by atoms with van der Waals surface area (Å²) in [5.41, 5.74) is 2.83. The van der Waals surface area contributed by atoms with Crippen LogP contribution in [-0.4, -0.2) is 33.4 Å². The minimum absolute atomic E-state index is 0.564. The van der Waals surface area contributed by atoms with Crippen LogP contribution in [0.25, 0.3) is 11.1 Å². The minimum atomic E-state index is 0.564. The van der Waals surface area contributed by atoms with Gasteiger partial charge in [0.2, 0.25) is 5.75 Å². The number of hydrogen-bond donors (Lipinski definition) is 1. The zero-order chi connectivity index (χ0) is 19.2. The Morgan fingerprint density at radius 2 is 1.37 bits per heavy atom. The molecule has 0 aliphatic carbocycles. The van der Waals surface area contributed by atoms with Crippen LogP contribution in [0.2, 0.25) is 0 Å². The molecule has 2 aromatic carbocycles. The summed E-state index contributed by atoms with van der Waals surface area (Å²) in [6, 6.07) is 15.4. The molecule has 0 bridgehead atoms. The van der Waals surface area contributed by atoms with Crippen molar-refractivity contribution >= 4 is 11.5 Å². The Balaban J connectivity index is 1.92. The molecule has 1 aromatic heterocycles. The van der Waals surface area contributed by atoms with E-state index in [-0.39, 0.29) is 0 Å². The van der Waals surface area contributed by atoms with E-state index in [1.54, 1.807) is 34.6 Å². The van der Waals surface area contributed by atoms with Crippen molar-refractivity contribution in [2.24, 2.45) is 0 Å². The summed E-state index contributed by atoms with van der Waals surface area (Å²) in [5.74, 6) is 3.31. The molecule has 0 radical (unpaired) electrons. The van der Waals surface area contributed by atoms with E-state index in [1.807, 2.05) is 48.5 Å². The third kappa shape index (κ3) is 4.06. The van der Waals surface area contributed by atoms with E-state index in [0.717, 1.165) is 28.4 Å². The van der Waals surface area contributed by atoms with Gasteiger partial charge in [0.25, 0.3) is 0 Å². The molecule has 0 saturated carbocycles. The fraction of sp³-hybridized carbons (Fsp3) is 0.190. The van der Waals surface area contributed by atoms with Crippen molar-refractivity contribution in [3.63, 3.8) is 0 Å². The molecule has 0 spiro atoms. The third-order valence-electron chi connectivity index (χ3n) is 4.12. The average Bonchev–Trinajstić information content (AvgIpc) is 2.73. The Bertz CT molecular complexity index is 885. The molecule has 1 N–H and O–H groups in total. The van der Waals surface area contributed by atoms with Crippen LogP contribution in [0.1, 0.15) is 0 Å². The zero-order valence-electron chi connectivity index (χ0n) is 15.8. The Kier molecular flexibility index (Phi) is 5.66. The lowest BCUT2D eigenvalue weighted by atomic mass is 10.1. The van der Waals surface area contributed by atoms with Gasteiger partial charge in [-0.25, -0.2) is 4.98 Å². The van der Waals surface area contributed by atoms with Crippen molar-refractivity contribution in [2.75, 3.05) is 33.8 Å². The van der Waals surface area contributed by atoms with E-state index >= 15 is 0 Å². The van der Waals surface area contributed by atoms with Gasteiger partial charge in [-0.2, -0.15) is 0 Å². The monoisotopic (exact) mass is 366 g/mol. The van der Waals surface area contributed by atoms with Crippen LogP contribution in [0, 0.1) is 0 Å². The number of nitrogens with one attached hydrogen (secondary N) is 1. The lowest BCUT2D eigenvalue weighted by molar-refractivity contribution is 0.324. The van der Waals surface area contributed by atoms with Gasteiger partial charge >= 0.3 is 0 Å². The molecule has 0 aliphatic heterocycles. The molecule has 6 heteroatoms. The largest absolute Gasteiger partial charge is 0.497 e. The van der Waals surface area contributed by atoms with Gasteiger partial charge in [-0.3, -0.25) is 0 Å². The van der Waals surface area contributed by atoms with Crippen LogP contribution in [-0.2, 0) is 0 Å². The quantitative estimate of drug-likeness (QED) is 0.663. The number of aromatic nitrogens is 1. The Labute approximate surface area is 158 Å². The first-order valence-corrected chi connectivity index (χ1v) is 8.36. The highest BCUT2D eigenvalue weighted by Crippen LogP contribution is 2.41. The number of hydrogen-bond acceptors (Lipinski definition) is 6. The van der Waals surface area contributed by atoms with Gasteiger partial charge in [0, 0.05) is 11.9 Å². The molecule has 0 atom stereocenters. The molecular weight excluding hydrogens is 344 g/mol. The van der Waals surface area contributed by atoms with Crippen LogP contribution in [0.3, 0.4) is 0 Å². The summed E-state index contributed by atoms with van der Waals surface area (Å²) < 4.78 is 21.4. The van der Waals surface area contributed by atoms with E-state index in [9.17, 15) is 0 Å². The van der Waals surface area contributed by atoms with E-state index in [2.05, 4.69) is 10.3 Å². The second-order valence-electron chi connectivity index (χ2n) is 5.70. The molecule has 6 nitrogen and oxygen atoms in total. The normalized spacial score (nSPS) is 10.2. The van der Waals surface area contributed by atoms with Crippen molar-refractivity contribution < 1.29 is 18.9 Å². The molecule has 0 aliphatic rings. The van der Waals surface area contributed by atoms with Gasteiger partial charge in [-0.1, -0.05) is 0 Å². The van der Waals surface area contributed by atoms with Gasteiger partial charge in [0.15, 0.2) is 11.5 Å². The Hall–Kier alpha value is -3.41. The lowest BCUT2D eigenvalue weighted by Gasteiger charge is -2.14. The van der Waals surface area contributed by atoms with E-state index in [0.29, 0.717) is 17.2 Å². The summed E-state index contributed by atoms with van der Waals surface area (Å²) in [4.78, 5) is 4.39. The summed E-state index contributed by atoms with van der Waals surface area (Å²) in [6.45, 7) is 0. The topological polar surface area (TPSA) is 61.8 Å². The van der Waals surface area contributed by atoms with Gasteiger partial charge in [0.05, 0.1) is 28.4 Å². The molecule has 140 valence electrons. The summed E-state index contributed by atoms with van der Waals surface area (Å²) in [7, 11) is 6.43. The van der Waals surface area contributed by atoms with Crippen molar-refractivity contribution in [1.29, 1.82) is 0 Å². The summed E-state index contributed by atoms with van der Waals surface area (Å²) in [6.07, 6.45) is 1.75. The smallest absolute Gasteiger partial charge is 0.203 e. The van der Waals surface area contributed by atoms with Crippen LogP contribution >= 0.6 is 0 Å². The maximum atomic E-state index is 5.44. The summed E-state index contributed by atoms with van der Waals surface area (Å²) >= 11 is 0. The van der Waals surface area contributed by atoms with Crippen molar-refractivity contribution in [3.8, 4) is 34.1 Å². The second-order valence-corrected chi connectivity index (χ2v) is 5.70. The fourth-order valence-corrected chi connectivity index (χ4v) is 2.75. The van der Waals surface area contributed by atoms with Crippen molar-refractivity contribution in [3.05, 3.63) is 54.7 Å². The summed E-state index contributed by atoms with van der Waals surface area (Å²) in [5, 5.41) is 3.29. The Morgan fingerprint density at radius 3 is 1.93 bits per heavy atom. The molecule has 27 heavy (non-hydrogen) atoms. The number of ether oxygens (including phenoxy) is 4. The number of benzene rings is 2. The van der Waals surface area contributed by atoms with Gasteiger partial charge in [-0.15, -0.1) is 0 Å². The lowest BCUT2D eigenvalue weighted by Crippen LogP contribution is -1.97. The number of anilines is 2. The van der Waals surface area contributed by atoms with Crippen molar-refractivity contribution in [2.45, 2.75) is 0 Å². The number of methoxy groups -OCH3 is 4. The van der Waals surface area contributed by atoms with E-state index < -0.39 is 0 Å². The van der Waals surface area contributed by atoms with Crippen LogP contribution in [0.4, 0.5) is 11.5 Å². The molecule has 0 unspecified atom stereocenters. The minimum Gasteiger partial charge on any atom is -0.497 e. The number of pyridine rings is 1. The molecule has 0 amide bonds. The first-order chi connectivity index (χ1) is 13.2. The van der Waals surface area contributed by atoms with E-state index in [1.165, 1.54) is 0 Å². The molecule has 0 fully saturated rings. The molecule has 3 rings (SSSR count). The van der Waals surface area contributed by atoms with Gasteiger partial charge < -0.3 is 24.3 Å². The maximum absolute atomic E-state index is 5.44. The predicted molar refractivity (Wildman–Crippen MR) is 106 cm³/mol. The predicted octanol–water partition coefficient (Wildman–Crippen LogP) is 4.53. The SMILES string of the molecule is COc1ccc(Nc2cc(-c3cc(OC)c(OC)c(OC)c3)ccn2)cc1. The molecular formula is C21H22N2O4. The van der Waals surface area contributed by atoms with Gasteiger partial charge in [-0.05, 0) is 59.7 Å². The highest BCUT2D eigenvalue weighted by atomic mass is 16.5.